The first-order valence-electron chi connectivity index (χ1n) is 8.83. The van der Waals surface area contributed by atoms with Gasteiger partial charge in [0.25, 0.3) is 0 Å². The number of unbranched alkanes of at least 4 members (excludes halogenated alkanes) is 4. The van der Waals surface area contributed by atoms with Crippen LogP contribution in [0.3, 0.4) is 0 Å². The Kier molecular flexibility index (Phi) is 14.4. The largest absolute Gasteiger partial charge is 0.419 e. The van der Waals surface area contributed by atoms with E-state index in [2.05, 4.69) is 37.3 Å². The average Bonchev–Trinajstić information content (AvgIpc) is 2.47. The molecule has 4 heteroatoms. The molecule has 0 amide bonds. The first-order valence-corrected chi connectivity index (χ1v) is 9.26. The summed E-state index contributed by atoms with van der Waals surface area (Å²) in [6.45, 7) is 13.6. The van der Waals surface area contributed by atoms with Crippen molar-refractivity contribution in [2.75, 3.05) is 26.2 Å². The van der Waals surface area contributed by atoms with Crippen LogP contribution in [0.1, 0.15) is 79.1 Å². The van der Waals surface area contributed by atoms with Gasteiger partial charge in [0, 0.05) is 0 Å². The highest BCUT2D eigenvalue weighted by Gasteiger charge is 2.27. The summed E-state index contributed by atoms with van der Waals surface area (Å²) in [6.07, 6.45) is 10.1. The van der Waals surface area contributed by atoms with Crippen molar-refractivity contribution >= 4 is 17.9 Å². The predicted octanol–water partition coefficient (Wildman–Crippen LogP) is 5.01. The number of hydrogen-bond donors (Lipinski definition) is 0. The van der Waals surface area contributed by atoms with Crippen LogP contribution in [0.4, 0.5) is 0 Å². The van der Waals surface area contributed by atoms with Gasteiger partial charge in [-0.25, -0.2) is 0 Å². The second kappa shape index (κ2) is 14.2. The molecule has 0 aromatic heterocycles. The van der Waals surface area contributed by atoms with Gasteiger partial charge in [0.05, 0.1) is 0 Å². The van der Waals surface area contributed by atoms with Crippen LogP contribution < -0.4 is 0 Å². The molecule has 120 valence electrons. The molecule has 0 radical (unpaired) electrons. The Hall–Kier alpha value is 0.275. The quantitative estimate of drug-likeness (QED) is 0.416. The maximum atomic E-state index is 6.81. The van der Waals surface area contributed by atoms with Gasteiger partial charge in [0.1, 0.15) is 0 Å². The molecular formula is C16H36BClN2. The number of nitrogens with zero attached hydrogens (tertiary/aromatic N) is 2. The lowest BCUT2D eigenvalue weighted by atomic mass is 9.98. The molecule has 0 fully saturated rings. The van der Waals surface area contributed by atoms with Crippen LogP contribution in [0, 0.1) is 0 Å². The van der Waals surface area contributed by atoms with Gasteiger partial charge in [-0.05, 0) is 51.9 Å². The van der Waals surface area contributed by atoms with Gasteiger partial charge < -0.3 is 9.62 Å². The summed E-state index contributed by atoms with van der Waals surface area (Å²) in [5.41, 5.74) is 0. The van der Waals surface area contributed by atoms with Crippen molar-refractivity contribution in [2.45, 2.75) is 79.1 Å². The summed E-state index contributed by atoms with van der Waals surface area (Å²) in [5.74, 6) is 0. The molecule has 0 heterocycles. The zero-order chi connectivity index (χ0) is 15.2. The molecule has 0 spiro atoms. The van der Waals surface area contributed by atoms with Crippen molar-refractivity contribution in [3.05, 3.63) is 0 Å². The minimum atomic E-state index is 0.0891. The summed E-state index contributed by atoms with van der Waals surface area (Å²) in [4.78, 5) is 4.97. The number of halogens is 1. The molecule has 0 aromatic rings. The van der Waals surface area contributed by atoms with Crippen molar-refractivity contribution in [2.24, 2.45) is 0 Å². The molecule has 0 saturated heterocycles. The van der Waals surface area contributed by atoms with E-state index in [1.807, 2.05) is 0 Å². The summed E-state index contributed by atoms with van der Waals surface area (Å²) in [5, 5.41) is 0. The zero-order valence-corrected chi connectivity index (χ0v) is 15.1. The van der Waals surface area contributed by atoms with Crippen molar-refractivity contribution in [1.82, 2.24) is 9.62 Å². The average molecular weight is 303 g/mol. The number of hydrogen-bond acceptors (Lipinski definition) is 2. The normalized spacial score (nSPS) is 11.6. The van der Waals surface area contributed by atoms with Crippen LogP contribution in [0.15, 0.2) is 0 Å². The second-order valence-corrected chi connectivity index (χ2v) is 6.19. The molecule has 2 nitrogen and oxygen atoms in total. The Morgan fingerprint density at radius 3 is 1.05 bits per heavy atom. The molecule has 0 N–H and O–H groups in total. The first kappa shape index (κ1) is 20.3. The SMILES string of the molecule is CCCCN(CCCC)B(Cl)N(CCCC)CCCC. The Morgan fingerprint density at radius 2 is 0.850 bits per heavy atom. The summed E-state index contributed by atoms with van der Waals surface area (Å²) in [6, 6.07) is 0. The molecular weight excluding hydrogens is 266 g/mol. The lowest BCUT2D eigenvalue weighted by Crippen LogP contribution is -2.50. The van der Waals surface area contributed by atoms with E-state index in [1.54, 1.807) is 0 Å². The standard InChI is InChI=1S/C16H36BClN2/c1-5-9-13-19(14-10-6-2)17(18)20(15-11-7-3)16-12-8-4/h5-16H2,1-4H3. The monoisotopic (exact) mass is 302 g/mol. The maximum Gasteiger partial charge on any atom is 0.419 e. The van der Waals surface area contributed by atoms with E-state index in [-0.39, 0.29) is 6.40 Å². The Balaban J connectivity index is 4.49. The van der Waals surface area contributed by atoms with E-state index in [0.717, 1.165) is 26.2 Å². The van der Waals surface area contributed by atoms with Gasteiger partial charge in [-0.2, -0.15) is 0 Å². The molecule has 0 atom stereocenters. The third-order valence-corrected chi connectivity index (χ3v) is 4.35. The third-order valence-electron chi connectivity index (χ3n) is 3.80. The lowest BCUT2D eigenvalue weighted by Gasteiger charge is -2.33. The van der Waals surface area contributed by atoms with E-state index in [0.29, 0.717) is 0 Å². The van der Waals surface area contributed by atoms with E-state index in [1.165, 1.54) is 51.4 Å². The number of rotatable bonds is 14. The van der Waals surface area contributed by atoms with Crippen LogP contribution in [0.2, 0.25) is 0 Å². The van der Waals surface area contributed by atoms with Crippen LogP contribution in [0.5, 0.6) is 0 Å². The van der Waals surface area contributed by atoms with Gasteiger partial charge in [0.15, 0.2) is 0 Å². The fraction of sp³-hybridized carbons (Fsp3) is 1.00. The third kappa shape index (κ3) is 9.25. The maximum absolute atomic E-state index is 6.81. The Bertz CT molecular complexity index is 169. The van der Waals surface area contributed by atoms with Crippen LogP contribution in [0.25, 0.3) is 0 Å². The highest BCUT2D eigenvalue weighted by Crippen LogP contribution is 2.12. The molecule has 0 bridgehead atoms. The molecule has 0 aromatic carbocycles. The van der Waals surface area contributed by atoms with Crippen LogP contribution in [-0.2, 0) is 0 Å². The minimum absolute atomic E-state index is 0.0891. The molecule has 0 unspecified atom stereocenters. The second-order valence-electron chi connectivity index (χ2n) is 5.80. The van der Waals surface area contributed by atoms with Gasteiger partial charge in [-0.15, -0.1) is 11.5 Å². The van der Waals surface area contributed by atoms with Crippen LogP contribution >= 0.6 is 11.5 Å². The molecule has 0 saturated carbocycles. The van der Waals surface area contributed by atoms with E-state index in [9.17, 15) is 0 Å². The lowest BCUT2D eigenvalue weighted by molar-refractivity contribution is 0.337. The van der Waals surface area contributed by atoms with Gasteiger partial charge in [0.2, 0.25) is 0 Å². The topological polar surface area (TPSA) is 6.48 Å². The molecule has 0 rings (SSSR count). The van der Waals surface area contributed by atoms with Crippen LogP contribution in [-0.4, -0.2) is 42.2 Å². The van der Waals surface area contributed by atoms with Crippen molar-refractivity contribution in [3.8, 4) is 0 Å². The summed E-state index contributed by atoms with van der Waals surface area (Å²) >= 11 is 6.81. The van der Waals surface area contributed by atoms with Gasteiger partial charge >= 0.3 is 6.40 Å². The fourth-order valence-corrected chi connectivity index (χ4v) is 2.72. The Labute approximate surface area is 133 Å². The van der Waals surface area contributed by atoms with E-state index in [4.69, 9.17) is 11.5 Å². The highest BCUT2D eigenvalue weighted by molar-refractivity contribution is 7.03. The van der Waals surface area contributed by atoms with Crippen molar-refractivity contribution < 1.29 is 0 Å². The van der Waals surface area contributed by atoms with E-state index < -0.39 is 0 Å². The van der Waals surface area contributed by atoms with Gasteiger partial charge in [-0.3, -0.25) is 0 Å². The Morgan fingerprint density at radius 1 is 0.600 bits per heavy atom. The van der Waals surface area contributed by atoms with Crippen molar-refractivity contribution in [1.29, 1.82) is 0 Å². The van der Waals surface area contributed by atoms with E-state index >= 15 is 0 Å². The molecule has 0 aliphatic rings. The van der Waals surface area contributed by atoms with Gasteiger partial charge in [-0.1, -0.05) is 53.4 Å². The van der Waals surface area contributed by atoms with Crippen molar-refractivity contribution in [3.63, 3.8) is 0 Å². The predicted molar refractivity (Wildman–Crippen MR) is 94.4 cm³/mol. The molecule has 0 aliphatic heterocycles. The highest BCUT2D eigenvalue weighted by atomic mass is 35.5. The zero-order valence-electron chi connectivity index (χ0n) is 14.3. The molecule has 20 heavy (non-hydrogen) atoms. The fourth-order valence-electron chi connectivity index (χ4n) is 2.33. The first-order chi connectivity index (χ1) is 9.71. The smallest absolute Gasteiger partial charge is 0.314 e. The molecule has 0 aliphatic carbocycles. The minimum Gasteiger partial charge on any atom is -0.314 e. The summed E-state index contributed by atoms with van der Waals surface area (Å²) < 4.78 is 0. The summed E-state index contributed by atoms with van der Waals surface area (Å²) in [7, 11) is 0.